The largest absolute Gasteiger partial charge is 0.464 e. The lowest BCUT2D eigenvalue weighted by Gasteiger charge is -2.09. The summed E-state index contributed by atoms with van der Waals surface area (Å²) >= 11 is 0. The molecular formula is C18H19N5O6. The molecule has 0 bridgehead atoms. The van der Waals surface area contributed by atoms with Crippen LogP contribution in [0.15, 0.2) is 40.4 Å². The number of pyridine rings is 1. The summed E-state index contributed by atoms with van der Waals surface area (Å²) in [5.41, 5.74) is -0.510. The number of hydrogen-bond acceptors (Lipinski definition) is 8. The number of aromatic nitrogens is 5. The van der Waals surface area contributed by atoms with Crippen LogP contribution in [0.1, 0.15) is 16.8 Å². The summed E-state index contributed by atoms with van der Waals surface area (Å²) in [4.78, 5) is 56.5. The van der Waals surface area contributed by atoms with Gasteiger partial charge in [0.1, 0.15) is 6.54 Å². The molecule has 0 aliphatic heterocycles. The van der Waals surface area contributed by atoms with E-state index in [4.69, 9.17) is 9.47 Å². The molecule has 0 unspecified atom stereocenters. The van der Waals surface area contributed by atoms with Crippen molar-refractivity contribution in [1.29, 1.82) is 0 Å². The summed E-state index contributed by atoms with van der Waals surface area (Å²) < 4.78 is 13.6. The van der Waals surface area contributed by atoms with Crippen LogP contribution in [0.25, 0.3) is 11.2 Å². The average Bonchev–Trinajstić information content (AvgIpc) is 3.11. The van der Waals surface area contributed by atoms with E-state index in [0.717, 1.165) is 4.57 Å². The van der Waals surface area contributed by atoms with Gasteiger partial charge >= 0.3 is 17.6 Å². The lowest BCUT2D eigenvalue weighted by atomic mass is 10.3. The highest BCUT2D eigenvalue weighted by Gasteiger charge is 2.17. The molecule has 0 fully saturated rings. The van der Waals surface area contributed by atoms with Gasteiger partial charge in [-0.2, -0.15) is 0 Å². The van der Waals surface area contributed by atoms with E-state index in [9.17, 15) is 19.2 Å². The maximum Gasteiger partial charge on any atom is 0.339 e. The van der Waals surface area contributed by atoms with Crippen molar-refractivity contribution in [3.05, 3.63) is 57.3 Å². The molecule has 11 heteroatoms. The molecular weight excluding hydrogens is 382 g/mol. The number of rotatable bonds is 7. The van der Waals surface area contributed by atoms with Gasteiger partial charge in [0.15, 0.2) is 11.2 Å². The van der Waals surface area contributed by atoms with Crippen LogP contribution >= 0.6 is 0 Å². The number of imidazole rings is 1. The number of carbonyl (C=O) groups excluding carboxylic acids is 2. The van der Waals surface area contributed by atoms with Gasteiger partial charge in [0.25, 0.3) is 5.56 Å². The van der Waals surface area contributed by atoms with Crippen LogP contribution in [0.2, 0.25) is 0 Å². The summed E-state index contributed by atoms with van der Waals surface area (Å²) in [6.45, 7) is -0.506. The predicted octanol–water partition coefficient (Wildman–Crippen LogP) is -0.381. The molecule has 3 aromatic heterocycles. The minimum absolute atomic E-state index is 0.0256. The highest BCUT2D eigenvalue weighted by Crippen LogP contribution is 2.03. The van der Waals surface area contributed by atoms with Crippen molar-refractivity contribution in [2.24, 2.45) is 14.1 Å². The second-order valence-corrected chi connectivity index (χ2v) is 6.21. The monoisotopic (exact) mass is 401 g/mol. The zero-order chi connectivity index (χ0) is 21.0. The number of hydrogen-bond donors (Lipinski definition) is 0. The Kier molecular flexibility index (Phi) is 5.86. The van der Waals surface area contributed by atoms with Gasteiger partial charge in [-0.05, 0) is 12.1 Å². The first-order valence-corrected chi connectivity index (χ1v) is 8.73. The number of fused-ring (bicyclic) bond motifs is 1. The Morgan fingerprint density at radius 2 is 1.90 bits per heavy atom. The molecule has 0 atom stereocenters. The van der Waals surface area contributed by atoms with E-state index in [1.807, 2.05) is 0 Å². The summed E-state index contributed by atoms with van der Waals surface area (Å²) in [6.07, 6.45) is 4.62. The third-order valence-electron chi connectivity index (χ3n) is 4.17. The SMILES string of the molecule is Cn1cnc2c1c(=O)n(CC(=O)OCCCOC(=O)c1cccnc1)c(=O)n2C. The van der Waals surface area contributed by atoms with Crippen molar-refractivity contribution in [2.75, 3.05) is 13.2 Å². The molecule has 0 aromatic carbocycles. The topological polar surface area (TPSA) is 127 Å². The molecule has 0 N–H and O–H groups in total. The molecule has 29 heavy (non-hydrogen) atoms. The van der Waals surface area contributed by atoms with Crippen LogP contribution in [0.3, 0.4) is 0 Å². The summed E-state index contributed by atoms with van der Waals surface area (Å²) in [5, 5.41) is 0. The Hall–Kier alpha value is -3.76. The van der Waals surface area contributed by atoms with E-state index in [0.29, 0.717) is 5.56 Å². The maximum absolute atomic E-state index is 12.5. The van der Waals surface area contributed by atoms with E-state index in [2.05, 4.69) is 9.97 Å². The Balaban J connectivity index is 1.54. The van der Waals surface area contributed by atoms with Gasteiger partial charge in [0, 0.05) is 32.9 Å². The first kappa shape index (κ1) is 20.0. The molecule has 0 aliphatic rings. The van der Waals surface area contributed by atoms with Gasteiger partial charge < -0.3 is 14.0 Å². The third kappa shape index (κ3) is 4.23. The maximum atomic E-state index is 12.5. The summed E-state index contributed by atoms with van der Waals surface area (Å²) in [7, 11) is 3.09. The van der Waals surface area contributed by atoms with Crippen LogP contribution in [-0.4, -0.2) is 48.8 Å². The van der Waals surface area contributed by atoms with Gasteiger partial charge in [-0.15, -0.1) is 0 Å². The Bertz CT molecular complexity index is 1160. The minimum Gasteiger partial charge on any atom is -0.464 e. The Morgan fingerprint density at radius 3 is 2.62 bits per heavy atom. The number of nitrogens with zero attached hydrogens (tertiary/aromatic N) is 5. The number of carbonyl (C=O) groups is 2. The lowest BCUT2D eigenvalue weighted by molar-refractivity contribution is -0.144. The second-order valence-electron chi connectivity index (χ2n) is 6.21. The molecule has 3 aromatic rings. The molecule has 0 amide bonds. The van der Waals surface area contributed by atoms with E-state index in [1.165, 1.54) is 28.7 Å². The summed E-state index contributed by atoms with van der Waals surface area (Å²) in [5.74, 6) is -1.27. The van der Waals surface area contributed by atoms with E-state index >= 15 is 0 Å². The van der Waals surface area contributed by atoms with Crippen LogP contribution in [-0.2, 0) is 34.9 Å². The van der Waals surface area contributed by atoms with Crippen LogP contribution in [0.4, 0.5) is 0 Å². The van der Waals surface area contributed by atoms with E-state index < -0.39 is 29.7 Å². The van der Waals surface area contributed by atoms with Crippen LogP contribution < -0.4 is 11.2 Å². The number of esters is 2. The van der Waals surface area contributed by atoms with Gasteiger partial charge in [-0.25, -0.2) is 19.1 Å². The molecule has 0 saturated carbocycles. The second kappa shape index (κ2) is 8.50. The van der Waals surface area contributed by atoms with Gasteiger partial charge in [0.2, 0.25) is 0 Å². The van der Waals surface area contributed by atoms with Gasteiger partial charge in [0.05, 0.1) is 25.1 Å². The molecule has 152 valence electrons. The van der Waals surface area contributed by atoms with Crippen molar-refractivity contribution in [3.63, 3.8) is 0 Å². The van der Waals surface area contributed by atoms with Crippen molar-refractivity contribution in [2.45, 2.75) is 13.0 Å². The molecule has 3 heterocycles. The van der Waals surface area contributed by atoms with Gasteiger partial charge in [-0.3, -0.25) is 19.1 Å². The first-order chi connectivity index (χ1) is 13.9. The molecule has 0 saturated heterocycles. The zero-order valence-electron chi connectivity index (χ0n) is 15.9. The molecule has 11 nitrogen and oxygen atoms in total. The highest BCUT2D eigenvalue weighted by atomic mass is 16.5. The third-order valence-corrected chi connectivity index (χ3v) is 4.17. The Morgan fingerprint density at radius 1 is 1.14 bits per heavy atom. The lowest BCUT2D eigenvalue weighted by Crippen LogP contribution is -2.41. The zero-order valence-corrected chi connectivity index (χ0v) is 15.9. The molecule has 3 rings (SSSR count). The molecule has 0 spiro atoms. The fourth-order valence-electron chi connectivity index (χ4n) is 2.69. The highest BCUT2D eigenvalue weighted by molar-refractivity contribution is 5.88. The average molecular weight is 401 g/mol. The van der Waals surface area contributed by atoms with Crippen molar-refractivity contribution < 1.29 is 19.1 Å². The number of ether oxygens (including phenoxy) is 2. The summed E-state index contributed by atoms with van der Waals surface area (Å²) in [6, 6.07) is 3.19. The van der Waals surface area contributed by atoms with Crippen molar-refractivity contribution in [3.8, 4) is 0 Å². The standard InChI is InChI=1S/C18H19N5O6/c1-21-11-20-15-14(21)16(25)23(18(27)22(15)2)10-13(24)28-7-4-8-29-17(26)12-5-3-6-19-9-12/h3,5-6,9,11H,4,7-8,10H2,1-2H3. The molecule has 0 radical (unpaired) electrons. The van der Waals surface area contributed by atoms with Crippen molar-refractivity contribution >= 4 is 23.1 Å². The normalized spacial score (nSPS) is 10.8. The molecule has 0 aliphatic carbocycles. The Labute approximate surface area is 164 Å². The fraction of sp³-hybridized carbons (Fsp3) is 0.333. The quantitative estimate of drug-likeness (QED) is 0.387. The van der Waals surface area contributed by atoms with Crippen LogP contribution in [0.5, 0.6) is 0 Å². The minimum atomic E-state index is -0.746. The predicted molar refractivity (Wildman–Crippen MR) is 100 cm³/mol. The van der Waals surface area contributed by atoms with E-state index in [-0.39, 0.29) is 30.8 Å². The smallest absolute Gasteiger partial charge is 0.339 e. The van der Waals surface area contributed by atoms with E-state index in [1.54, 1.807) is 25.4 Å². The number of aryl methyl sites for hydroxylation is 2. The fourth-order valence-corrected chi connectivity index (χ4v) is 2.69. The first-order valence-electron chi connectivity index (χ1n) is 8.73. The van der Waals surface area contributed by atoms with Crippen LogP contribution in [0, 0.1) is 0 Å². The van der Waals surface area contributed by atoms with Crippen molar-refractivity contribution in [1.82, 2.24) is 23.7 Å². The van der Waals surface area contributed by atoms with Gasteiger partial charge in [-0.1, -0.05) is 0 Å².